The van der Waals surface area contributed by atoms with E-state index in [1.54, 1.807) is 18.2 Å². The second kappa shape index (κ2) is 4.56. The Labute approximate surface area is 115 Å². The third-order valence-electron chi connectivity index (χ3n) is 1.87. The number of nitrogens with zero attached hydrogens (tertiary/aromatic N) is 2. The Morgan fingerprint density at radius 2 is 2.06 bits per heavy atom. The molecule has 0 radical (unpaired) electrons. The van der Waals surface area contributed by atoms with Crippen molar-refractivity contribution in [1.82, 2.24) is 15.2 Å². The molecular weight excluding hydrogens is 353 g/mol. The molecule has 0 aliphatic heterocycles. The first-order valence-corrected chi connectivity index (χ1v) is 7.68. The van der Waals surface area contributed by atoms with E-state index in [0.717, 1.165) is 0 Å². The molecule has 17 heavy (non-hydrogen) atoms. The SMILES string of the molecule is O=S(=O)(Cl)c1nc(-c2cc(Cl)ccc2Br)n[nH]1. The summed E-state index contributed by atoms with van der Waals surface area (Å²) in [6.45, 7) is 0. The molecule has 0 saturated heterocycles. The van der Waals surface area contributed by atoms with Crippen LogP contribution < -0.4 is 0 Å². The number of benzene rings is 1. The Morgan fingerprint density at radius 3 is 2.65 bits per heavy atom. The van der Waals surface area contributed by atoms with Crippen molar-refractivity contribution in [3.63, 3.8) is 0 Å². The summed E-state index contributed by atoms with van der Waals surface area (Å²) in [5.74, 6) is 0.193. The molecular formula is C8H4BrCl2N3O2S. The molecule has 0 amide bonds. The molecule has 2 aromatic rings. The lowest BCUT2D eigenvalue weighted by atomic mass is 10.2. The van der Waals surface area contributed by atoms with Gasteiger partial charge in [-0.3, -0.25) is 0 Å². The molecule has 0 unspecified atom stereocenters. The maximum absolute atomic E-state index is 11.0. The molecule has 0 spiro atoms. The van der Waals surface area contributed by atoms with Crippen LogP contribution in [0.3, 0.4) is 0 Å². The fourth-order valence-electron chi connectivity index (χ4n) is 1.15. The Kier molecular flexibility index (Phi) is 3.44. The zero-order valence-electron chi connectivity index (χ0n) is 7.99. The maximum atomic E-state index is 11.0. The highest BCUT2D eigenvalue weighted by Crippen LogP contribution is 2.29. The Hall–Kier alpha value is -0.630. The zero-order valence-corrected chi connectivity index (χ0v) is 11.9. The van der Waals surface area contributed by atoms with Crippen LogP contribution in [0.5, 0.6) is 0 Å². The summed E-state index contributed by atoms with van der Waals surface area (Å²) in [6.07, 6.45) is 0. The normalized spacial score (nSPS) is 11.7. The van der Waals surface area contributed by atoms with Crippen LogP contribution in [-0.4, -0.2) is 23.6 Å². The minimum Gasteiger partial charge on any atom is -0.248 e. The summed E-state index contributed by atoms with van der Waals surface area (Å²) >= 11 is 9.12. The van der Waals surface area contributed by atoms with Crippen molar-refractivity contribution >= 4 is 47.3 Å². The number of nitrogens with one attached hydrogen (secondary N) is 1. The van der Waals surface area contributed by atoms with Gasteiger partial charge in [-0.2, -0.15) is 10.1 Å². The largest absolute Gasteiger partial charge is 0.296 e. The van der Waals surface area contributed by atoms with E-state index in [1.165, 1.54) is 0 Å². The number of aromatic amines is 1. The molecule has 90 valence electrons. The summed E-state index contributed by atoms with van der Waals surface area (Å²) in [7, 11) is 1.21. The van der Waals surface area contributed by atoms with Crippen molar-refractivity contribution in [1.29, 1.82) is 0 Å². The summed E-state index contributed by atoms with van der Waals surface area (Å²) in [5, 5.41) is 6.10. The number of aromatic nitrogens is 3. The van der Waals surface area contributed by atoms with Crippen molar-refractivity contribution in [3.8, 4) is 11.4 Å². The number of halogens is 3. The van der Waals surface area contributed by atoms with Crippen LogP contribution in [0.15, 0.2) is 27.8 Å². The topological polar surface area (TPSA) is 75.7 Å². The Balaban J connectivity index is 2.55. The average molecular weight is 357 g/mol. The molecule has 1 aromatic heterocycles. The van der Waals surface area contributed by atoms with Crippen LogP contribution in [0.25, 0.3) is 11.4 Å². The van der Waals surface area contributed by atoms with Crippen LogP contribution in [0.2, 0.25) is 5.02 Å². The van der Waals surface area contributed by atoms with Gasteiger partial charge in [-0.15, -0.1) is 0 Å². The molecule has 1 N–H and O–H groups in total. The van der Waals surface area contributed by atoms with Gasteiger partial charge in [0.1, 0.15) is 0 Å². The maximum Gasteiger partial charge on any atom is 0.296 e. The predicted octanol–water partition coefficient (Wildman–Crippen LogP) is 2.82. The highest BCUT2D eigenvalue weighted by Gasteiger charge is 2.18. The smallest absolute Gasteiger partial charge is 0.248 e. The predicted molar refractivity (Wildman–Crippen MR) is 67.6 cm³/mol. The molecule has 5 nitrogen and oxygen atoms in total. The molecule has 2 rings (SSSR count). The molecule has 1 heterocycles. The Bertz CT molecular complexity index is 671. The molecule has 0 saturated carbocycles. The third-order valence-corrected chi connectivity index (χ3v) is 3.87. The van der Waals surface area contributed by atoms with Crippen molar-refractivity contribution in [2.45, 2.75) is 5.16 Å². The highest BCUT2D eigenvalue weighted by molar-refractivity contribution is 9.10. The molecule has 0 aliphatic carbocycles. The van der Waals surface area contributed by atoms with Crippen LogP contribution in [-0.2, 0) is 9.05 Å². The molecule has 0 aliphatic rings. The minimum atomic E-state index is -3.92. The number of hydrogen-bond acceptors (Lipinski definition) is 4. The second-order valence-corrected chi connectivity index (χ2v) is 6.80. The molecule has 0 bridgehead atoms. The van der Waals surface area contributed by atoms with E-state index in [2.05, 4.69) is 31.1 Å². The number of H-pyrrole nitrogens is 1. The van der Waals surface area contributed by atoms with E-state index >= 15 is 0 Å². The summed E-state index contributed by atoms with van der Waals surface area (Å²) in [5.41, 5.74) is 0.570. The van der Waals surface area contributed by atoms with Crippen molar-refractivity contribution in [2.24, 2.45) is 0 Å². The summed E-state index contributed by atoms with van der Waals surface area (Å²) in [6, 6.07) is 5.00. The van der Waals surface area contributed by atoms with E-state index < -0.39 is 14.2 Å². The van der Waals surface area contributed by atoms with E-state index in [1.807, 2.05) is 0 Å². The van der Waals surface area contributed by atoms with Gasteiger partial charge in [-0.05, 0) is 18.2 Å². The van der Waals surface area contributed by atoms with Crippen molar-refractivity contribution < 1.29 is 8.42 Å². The van der Waals surface area contributed by atoms with Gasteiger partial charge >= 0.3 is 0 Å². The van der Waals surface area contributed by atoms with Crippen LogP contribution in [0.1, 0.15) is 0 Å². The lowest BCUT2D eigenvalue weighted by Crippen LogP contribution is -1.92. The van der Waals surface area contributed by atoms with E-state index in [-0.39, 0.29) is 5.82 Å². The first-order chi connectivity index (χ1) is 7.88. The lowest BCUT2D eigenvalue weighted by molar-refractivity contribution is 0.602. The Morgan fingerprint density at radius 1 is 1.35 bits per heavy atom. The van der Waals surface area contributed by atoms with Gasteiger partial charge in [0.25, 0.3) is 14.2 Å². The molecule has 1 aromatic carbocycles. The van der Waals surface area contributed by atoms with Gasteiger partial charge in [0, 0.05) is 25.7 Å². The van der Waals surface area contributed by atoms with Gasteiger partial charge in [-0.25, -0.2) is 13.5 Å². The first kappa shape index (κ1) is 12.8. The average Bonchev–Trinajstić information content (AvgIpc) is 2.70. The van der Waals surface area contributed by atoms with Crippen LogP contribution in [0.4, 0.5) is 0 Å². The summed E-state index contributed by atoms with van der Waals surface area (Å²) < 4.78 is 22.7. The second-order valence-electron chi connectivity index (χ2n) is 3.03. The molecule has 9 heteroatoms. The lowest BCUT2D eigenvalue weighted by Gasteiger charge is -1.99. The van der Waals surface area contributed by atoms with Gasteiger partial charge < -0.3 is 0 Å². The quantitative estimate of drug-likeness (QED) is 0.839. The monoisotopic (exact) mass is 355 g/mol. The first-order valence-electron chi connectivity index (χ1n) is 4.20. The minimum absolute atomic E-state index is 0.193. The van der Waals surface area contributed by atoms with E-state index in [9.17, 15) is 8.42 Å². The highest BCUT2D eigenvalue weighted by atomic mass is 79.9. The number of rotatable bonds is 2. The third kappa shape index (κ3) is 2.79. The van der Waals surface area contributed by atoms with Crippen molar-refractivity contribution in [2.75, 3.05) is 0 Å². The van der Waals surface area contributed by atoms with Gasteiger partial charge in [0.2, 0.25) is 0 Å². The standard InChI is InChI=1S/C8H4BrCl2N3O2S/c9-6-2-1-4(10)3-5(6)7-12-8(14-13-7)17(11,15)16/h1-3H,(H,12,13,14). The fourth-order valence-corrected chi connectivity index (χ4v) is 2.30. The fraction of sp³-hybridized carbons (Fsp3) is 0. The molecule has 0 fully saturated rings. The van der Waals surface area contributed by atoms with Gasteiger partial charge in [-0.1, -0.05) is 27.5 Å². The van der Waals surface area contributed by atoms with Gasteiger partial charge in [0.05, 0.1) is 0 Å². The van der Waals surface area contributed by atoms with E-state index in [0.29, 0.717) is 15.1 Å². The van der Waals surface area contributed by atoms with Crippen LogP contribution >= 0.6 is 38.2 Å². The number of hydrogen-bond donors (Lipinski definition) is 1. The van der Waals surface area contributed by atoms with E-state index in [4.69, 9.17) is 22.3 Å². The van der Waals surface area contributed by atoms with Crippen LogP contribution in [0, 0.1) is 0 Å². The molecule has 0 atom stereocenters. The zero-order chi connectivity index (χ0) is 12.6. The van der Waals surface area contributed by atoms with Gasteiger partial charge in [0.15, 0.2) is 5.82 Å². The summed E-state index contributed by atoms with van der Waals surface area (Å²) in [4.78, 5) is 3.78. The van der Waals surface area contributed by atoms with Crippen molar-refractivity contribution in [3.05, 3.63) is 27.7 Å².